The van der Waals surface area contributed by atoms with E-state index in [1.807, 2.05) is 18.0 Å². The molecule has 4 unspecified atom stereocenters. The molecule has 2 aliphatic rings. The Balaban J connectivity index is 1.69. The maximum absolute atomic E-state index is 12.7. The SMILES string of the molecule is Cc1ccncc1NC(=O)C1C(N)NN2CC(CC#N)CNC12. The van der Waals surface area contributed by atoms with Crippen LogP contribution in [0.5, 0.6) is 0 Å². The Morgan fingerprint density at radius 1 is 1.65 bits per heavy atom. The van der Waals surface area contributed by atoms with Crippen molar-refractivity contribution in [2.24, 2.45) is 17.6 Å². The minimum atomic E-state index is -0.467. The summed E-state index contributed by atoms with van der Waals surface area (Å²) in [6.07, 6.45) is 3.17. The summed E-state index contributed by atoms with van der Waals surface area (Å²) in [5.74, 6) is -0.323. The molecule has 0 aromatic carbocycles. The Hall–Kier alpha value is -2.05. The van der Waals surface area contributed by atoms with Gasteiger partial charge in [-0.25, -0.2) is 10.4 Å². The predicted molar refractivity (Wildman–Crippen MR) is 84.4 cm³/mol. The topological polar surface area (TPSA) is 119 Å². The molecule has 1 amide bonds. The fourth-order valence-corrected chi connectivity index (χ4v) is 3.16. The summed E-state index contributed by atoms with van der Waals surface area (Å²) in [5.41, 5.74) is 10.9. The van der Waals surface area contributed by atoms with Gasteiger partial charge in [0.1, 0.15) is 0 Å². The van der Waals surface area contributed by atoms with Crippen LogP contribution >= 0.6 is 0 Å². The Morgan fingerprint density at radius 2 is 2.48 bits per heavy atom. The van der Waals surface area contributed by atoms with Gasteiger partial charge in [-0.15, -0.1) is 0 Å². The van der Waals surface area contributed by atoms with Gasteiger partial charge in [0.2, 0.25) is 5.91 Å². The Labute approximate surface area is 135 Å². The maximum atomic E-state index is 12.7. The molecule has 1 aromatic rings. The van der Waals surface area contributed by atoms with E-state index in [1.165, 1.54) is 0 Å². The van der Waals surface area contributed by atoms with Crippen molar-refractivity contribution in [3.63, 3.8) is 0 Å². The van der Waals surface area contributed by atoms with Gasteiger partial charge in [-0.3, -0.25) is 15.1 Å². The number of hydrazine groups is 1. The van der Waals surface area contributed by atoms with Gasteiger partial charge in [-0.1, -0.05) is 0 Å². The number of pyridine rings is 1. The van der Waals surface area contributed by atoms with Crippen LogP contribution < -0.4 is 21.8 Å². The second kappa shape index (κ2) is 6.60. The molecule has 1 aromatic heterocycles. The van der Waals surface area contributed by atoms with Crippen LogP contribution in [-0.2, 0) is 4.79 Å². The Morgan fingerprint density at radius 3 is 3.22 bits per heavy atom. The first kappa shape index (κ1) is 15.8. The number of nitriles is 1. The summed E-state index contributed by atoms with van der Waals surface area (Å²) in [6, 6.07) is 4.04. The fourth-order valence-electron chi connectivity index (χ4n) is 3.16. The minimum Gasteiger partial charge on any atom is -0.324 e. The van der Waals surface area contributed by atoms with E-state index < -0.39 is 12.1 Å². The normalized spacial score (nSPS) is 30.5. The fraction of sp³-hybridized carbons (Fsp3) is 0.533. The molecule has 8 heteroatoms. The summed E-state index contributed by atoms with van der Waals surface area (Å²) in [5, 5.41) is 17.0. The van der Waals surface area contributed by atoms with Crippen LogP contribution in [0.4, 0.5) is 5.69 Å². The summed E-state index contributed by atoms with van der Waals surface area (Å²) < 4.78 is 0. The zero-order valence-electron chi connectivity index (χ0n) is 13.0. The molecule has 122 valence electrons. The Bertz CT molecular complexity index is 628. The van der Waals surface area contributed by atoms with Crippen LogP contribution in [-0.4, -0.2) is 41.3 Å². The highest BCUT2D eigenvalue weighted by atomic mass is 16.2. The lowest BCUT2D eigenvalue weighted by Crippen LogP contribution is -2.57. The third-order valence-corrected chi connectivity index (χ3v) is 4.43. The number of rotatable bonds is 3. The molecule has 8 nitrogen and oxygen atoms in total. The van der Waals surface area contributed by atoms with Gasteiger partial charge in [-0.2, -0.15) is 5.26 Å². The lowest BCUT2D eigenvalue weighted by molar-refractivity contribution is -0.121. The third-order valence-electron chi connectivity index (χ3n) is 4.43. The van der Waals surface area contributed by atoms with Crippen LogP contribution in [0.2, 0.25) is 0 Å². The van der Waals surface area contributed by atoms with E-state index in [1.54, 1.807) is 12.4 Å². The largest absolute Gasteiger partial charge is 0.324 e. The van der Waals surface area contributed by atoms with E-state index in [4.69, 9.17) is 11.0 Å². The van der Waals surface area contributed by atoms with Gasteiger partial charge in [0.25, 0.3) is 0 Å². The molecule has 2 fully saturated rings. The number of aryl methyl sites for hydroxylation is 1. The lowest BCUT2D eigenvalue weighted by Gasteiger charge is -2.35. The van der Waals surface area contributed by atoms with Crippen molar-refractivity contribution in [2.45, 2.75) is 25.7 Å². The molecule has 0 bridgehead atoms. The minimum absolute atomic E-state index is 0.139. The highest BCUT2D eigenvalue weighted by Crippen LogP contribution is 2.25. The molecule has 0 saturated carbocycles. The van der Waals surface area contributed by atoms with Crippen LogP contribution in [0.1, 0.15) is 12.0 Å². The van der Waals surface area contributed by atoms with Crippen LogP contribution in [0.15, 0.2) is 18.5 Å². The molecule has 5 N–H and O–H groups in total. The zero-order chi connectivity index (χ0) is 16.4. The van der Waals surface area contributed by atoms with Crippen molar-refractivity contribution in [3.8, 4) is 6.07 Å². The molecule has 4 atom stereocenters. The highest BCUT2D eigenvalue weighted by molar-refractivity contribution is 5.94. The van der Waals surface area contributed by atoms with Crippen LogP contribution in [0.25, 0.3) is 0 Å². The monoisotopic (exact) mass is 315 g/mol. The van der Waals surface area contributed by atoms with Crippen molar-refractivity contribution < 1.29 is 4.79 Å². The van der Waals surface area contributed by atoms with Crippen molar-refractivity contribution in [3.05, 3.63) is 24.0 Å². The van der Waals surface area contributed by atoms with Gasteiger partial charge in [0.15, 0.2) is 0 Å². The molecular formula is C15H21N7O. The molecule has 0 aliphatic carbocycles. The second-order valence-corrected chi connectivity index (χ2v) is 6.09. The number of nitrogens with zero attached hydrogens (tertiary/aromatic N) is 3. The van der Waals surface area contributed by atoms with E-state index >= 15 is 0 Å². The van der Waals surface area contributed by atoms with Crippen molar-refractivity contribution in [1.82, 2.24) is 20.7 Å². The average Bonchev–Trinajstić information content (AvgIpc) is 2.85. The van der Waals surface area contributed by atoms with Gasteiger partial charge < -0.3 is 11.1 Å². The summed E-state index contributed by atoms with van der Waals surface area (Å²) in [6.45, 7) is 3.33. The molecule has 2 saturated heterocycles. The number of hydrogen-bond acceptors (Lipinski definition) is 7. The van der Waals surface area contributed by atoms with Gasteiger partial charge in [-0.05, 0) is 24.5 Å². The number of carbonyl (C=O) groups excluding carboxylic acids is 1. The summed E-state index contributed by atoms with van der Waals surface area (Å²) in [7, 11) is 0. The zero-order valence-corrected chi connectivity index (χ0v) is 13.0. The number of aromatic nitrogens is 1. The van der Waals surface area contributed by atoms with E-state index in [0.29, 0.717) is 25.2 Å². The molecule has 0 spiro atoms. The highest BCUT2D eigenvalue weighted by Gasteiger charge is 2.46. The van der Waals surface area contributed by atoms with Crippen LogP contribution in [0, 0.1) is 30.1 Å². The molecular weight excluding hydrogens is 294 g/mol. The Kier molecular flexibility index (Phi) is 4.54. The van der Waals surface area contributed by atoms with E-state index in [0.717, 1.165) is 5.56 Å². The predicted octanol–water partition coefficient (Wildman–Crippen LogP) is -0.491. The number of nitrogens with two attached hydrogens (primary N) is 1. The van der Waals surface area contributed by atoms with Crippen molar-refractivity contribution >= 4 is 11.6 Å². The van der Waals surface area contributed by atoms with E-state index in [-0.39, 0.29) is 18.0 Å². The third kappa shape index (κ3) is 3.18. The van der Waals surface area contributed by atoms with Crippen molar-refractivity contribution in [2.75, 3.05) is 18.4 Å². The van der Waals surface area contributed by atoms with Crippen LogP contribution in [0.3, 0.4) is 0 Å². The van der Waals surface area contributed by atoms with Gasteiger partial charge in [0.05, 0.1) is 36.2 Å². The average molecular weight is 315 g/mol. The lowest BCUT2D eigenvalue weighted by atomic mass is 9.98. The second-order valence-electron chi connectivity index (χ2n) is 6.09. The number of carbonyl (C=O) groups is 1. The summed E-state index contributed by atoms with van der Waals surface area (Å²) in [4.78, 5) is 16.7. The first-order chi connectivity index (χ1) is 11.1. The molecule has 2 aliphatic heterocycles. The first-order valence-electron chi connectivity index (χ1n) is 7.70. The first-order valence-corrected chi connectivity index (χ1v) is 7.70. The van der Waals surface area contributed by atoms with Crippen molar-refractivity contribution in [1.29, 1.82) is 5.26 Å². The van der Waals surface area contributed by atoms with E-state index in [9.17, 15) is 4.79 Å². The smallest absolute Gasteiger partial charge is 0.233 e. The number of hydrogen-bond donors (Lipinski definition) is 4. The molecule has 23 heavy (non-hydrogen) atoms. The number of fused-ring (bicyclic) bond motifs is 1. The quantitative estimate of drug-likeness (QED) is 0.594. The summed E-state index contributed by atoms with van der Waals surface area (Å²) >= 11 is 0. The van der Waals surface area contributed by atoms with E-state index in [2.05, 4.69) is 27.1 Å². The molecule has 0 radical (unpaired) electrons. The van der Waals surface area contributed by atoms with Gasteiger partial charge in [0, 0.05) is 25.7 Å². The van der Waals surface area contributed by atoms with Gasteiger partial charge >= 0.3 is 0 Å². The number of anilines is 1. The molecule has 3 rings (SSSR count). The maximum Gasteiger partial charge on any atom is 0.233 e. The molecule has 3 heterocycles. The standard InChI is InChI=1S/C15H21N7O/c1-9-3-5-18-7-11(9)20-15(23)12-13(17)21-22-8-10(2-4-16)6-19-14(12)22/h3,5,7,10,12-14,19,21H,2,6,8,17H2,1H3,(H,20,23). The number of nitrogens with one attached hydrogen (secondary N) is 3. The number of amides is 1.